The molecule has 0 saturated carbocycles. The van der Waals surface area contributed by atoms with Gasteiger partial charge in [0.2, 0.25) is 0 Å². The number of rotatable bonds is 7. The van der Waals surface area contributed by atoms with Crippen LogP contribution in [0.5, 0.6) is 0 Å². The average Bonchev–Trinajstić information content (AvgIpc) is 2.01. The fourth-order valence-corrected chi connectivity index (χ4v) is 1.47. The van der Waals surface area contributed by atoms with E-state index in [2.05, 4.69) is 19.2 Å². The van der Waals surface area contributed by atoms with Gasteiger partial charge in [0.1, 0.15) is 0 Å². The summed E-state index contributed by atoms with van der Waals surface area (Å²) in [7, 11) is 0. The number of unbranched alkanes of at least 4 members (excludes halogenated alkanes) is 1. The molecule has 0 aliphatic heterocycles. The van der Waals surface area contributed by atoms with Crippen molar-refractivity contribution in [3.63, 3.8) is 0 Å². The Morgan fingerprint density at radius 3 is 2.50 bits per heavy atom. The minimum atomic E-state index is -0.448. The largest absolute Gasteiger partial charge is 0.352 e. The summed E-state index contributed by atoms with van der Waals surface area (Å²) in [6, 6.07) is -0.153. The van der Waals surface area contributed by atoms with Gasteiger partial charge in [0, 0.05) is 12.6 Å². The van der Waals surface area contributed by atoms with Crippen LogP contribution >= 0.6 is 0 Å². The first-order valence-corrected chi connectivity index (χ1v) is 5.31. The molecule has 5 N–H and O–H groups in total. The Morgan fingerprint density at radius 1 is 1.36 bits per heavy atom. The maximum Gasteiger partial charge on any atom is 0.312 e. The predicted octanol–water partition coefficient (Wildman–Crippen LogP) is 1.20. The number of carbonyl (C=O) groups excluding carboxylic acids is 1. The van der Waals surface area contributed by atoms with Crippen LogP contribution in [0.25, 0.3) is 0 Å². The van der Waals surface area contributed by atoms with Crippen molar-refractivity contribution in [2.75, 3.05) is 6.54 Å². The molecular formula is C10H23N3O. The van der Waals surface area contributed by atoms with Gasteiger partial charge in [-0.3, -0.25) is 0 Å². The number of nitrogens with two attached hydrogens (primary N) is 2. The first-order chi connectivity index (χ1) is 6.52. The monoisotopic (exact) mass is 201 g/mol. The molecular weight excluding hydrogens is 178 g/mol. The summed E-state index contributed by atoms with van der Waals surface area (Å²) in [6.07, 6.45) is 4.10. The molecule has 0 saturated heterocycles. The second kappa shape index (κ2) is 7.62. The van der Waals surface area contributed by atoms with E-state index in [-0.39, 0.29) is 0 Å². The van der Waals surface area contributed by atoms with E-state index in [9.17, 15) is 4.79 Å². The van der Waals surface area contributed by atoms with E-state index in [4.69, 9.17) is 11.5 Å². The number of nitrogens with one attached hydrogen (secondary N) is 1. The average molecular weight is 201 g/mol. The maximum atomic E-state index is 10.3. The topological polar surface area (TPSA) is 81.1 Å². The molecule has 14 heavy (non-hydrogen) atoms. The molecule has 0 aliphatic carbocycles. The van der Waals surface area contributed by atoms with Gasteiger partial charge < -0.3 is 16.8 Å². The van der Waals surface area contributed by atoms with Crippen LogP contribution in [0.3, 0.4) is 0 Å². The van der Waals surface area contributed by atoms with Crippen LogP contribution in [0.2, 0.25) is 0 Å². The van der Waals surface area contributed by atoms with E-state index in [1.807, 2.05) is 0 Å². The molecule has 2 amide bonds. The van der Waals surface area contributed by atoms with Gasteiger partial charge in [-0.05, 0) is 25.2 Å². The number of urea groups is 1. The van der Waals surface area contributed by atoms with Crippen molar-refractivity contribution in [3.05, 3.63) is 0 Å². The third kappa shape index (κ3) is 9.32. The van der Waals surface area contributed by atoms with Gasteiger partial charge in [-0.1, -0.05) is 20.3 Å². The summed E-state index contributed by atoms with van der Waals surface area (Å²) in [5.74, 6) is 0.661. The standard InChI is InChI=1S/C10H23N3O/c1-8(2)7-9(11)5-3-4-6-13-10(12)14/h8-9H,3-7,11H2,1-2H3,(H3,12,13,14)/t9-/m0/s1. The minimum absolute atomic E-state index is 0.295. The number of hydrogen-bond donors (Lipinski definition) is 3. The molecule has 84 valence electrons. The molecule has 0 fully saturated rings. The summed E-state index contributed by atoms with van der Waals surface area (Å²) < 4.78 is 0. The van der Waals surface area contributed by atoms with Crippen molar-refractivity contribution in [3.8, 4) is 0 Å². The number of amides is 2. The SMILES string of the molecule is CC(C)C[C@@H](N)CCCCNC(N)=O. The summed E-state index contributed by atoms with van der Waals surface area (Å²) in [6.45, 7) is 5.01. The number of primary amides is 1. The zero-order valence-electron chi connectivity index (χ0n) is 9.25. The van der Waals surface area contributed by atoms with Crippen LogP contribution < -0.4 is 16.8 Å². The zero-order chi connectivity index (χ0) is 11.0. The molecule has 0 unspecified atom stereocenters. The lowest BCUT2D eigenvalue weighted by Gasteiger charge is -2.13. The lowest BCUT2D eigenvalue weighted by molar-refractivity contribution is 0.248. The Hall–Kier alpha value is -0.770. The Morgan fingerprint density at radius 2 is 2.00 bits per heavy atom. The molecule has 1 atom stereocenters. The fourth-order valence-electron chi connectivity index (χ4n) is 1.47. The van der Waals surface area contributed by atoms with E-state index in [0.29, 0.717) is 18.5 Å². The Kier molecular flexibility index (Phi) is 7.20. The molecule has 0 aromatic rings. The highest BCUT2D eigenvalue weighted by Gasteiger charge is 2.04. The van der Waals surface area contributed by atoms with Gasteiger partial charge in [0.25, 0.3) is 0 Å². The van der Waals surface area contributed by atoms with E-state index in [1.165, 1.54) is 0 Å². The summed E-state index contributed by atoms with van der Waals surface area (Å²) >= 11 is 0. The molecule has 0 heterocycles. The lowest BCUT2D eigenvalue weighted by Crippen LogP contribution is -2.30. The molecule has 0 radical (unpaired) electrons. The van der Waals surface area contributed by atoms with E-state index >= 15 is 0 Å². The smallest absolute Gasteiger partial charge is 0.312 e. The van der Waals surface area contributed by atoms with Crippen molar-refractivity contribution >= 4 is 6.03 Å². The van der Waals surface area contributed by atoms with Gasteiger partial charge in [-0.15, -0.1) is 0 Å². The lowest BCUT2D eigenvalue weighted by atomic mass is 10.00. The molecule has 4 heteroatoms. The molecule has 0 bridgehead atoms. The van der Waals surface area contributed by atoms with Gasteiger partial charge in [0.05, 0.1) is 0 Å². The Labute approximate surface area is 86.4 Å². The van der Waals surface area contributed by atoms with E-state index in [1.54, 1.807) is 0 Å². The Bertz CT molecular complexity index is 159. The van der Waals surface area contributed by atoms with Crippen LogP contribution in [-0.2, 0) is 0 Å². The van der Waals surface area contributed by atoms with Crippen molar-refractivity contribution in [2.45, 2.75) is 45.6 Å². The summed E-state index contributed by atoms with van der Waals surface area (Å²) in [5, 5.41) is 2.56. The van der Waals surface area contributed by atoms with E-state index < -0.39 is 6.03 Å². The first kappa shape index (κ1) is 13.2. The molecule has 0 rings (SSSR count). The van der Waals surface area contributed by atoms with Gasteiger partial charge >= 0.3 is 6.03 Å². The van der Waals surface area contributed by atoms with Crippen LogP contribution in [-0.4, -0.2) is 18.6 Å². The highest BCUT2D eigenvalue weighted by atomic mass is 16.2. The molecule has 4 nitrogen and oxygen atoms in total. The first-order valence-electron chi connectivity index (χ1n) is 5.31. The van der Waals surface area contributed by atoms with Gasteiger partial charge in [0.15, 0.2) is 0 Å². The van der Waals surface area contributed by atoms with Crippen molar-refractivity contribution in [1.82, 2.24) is 5.32 Å². The normalized spacial score (nSPS) is 12.9. The Balaban J connectivity index is 3.23. The van der Waals surface area contributed by atoms with Crippen molar-refractivity contribution < 1.29 is 4.79 Å². The fraction of sp³-hybridized carbons (Fsp3) is 0.900. The van der Waals surface area contributed by atoms with Crippen LogP contribution in [0.4, 0.5) is 4.79 Å². The van der Waals surface area contributed by atoms with E-state index in [0.717, 1.165) is 25.7 Å². The second-order valence-electron chi connectivity index (χ2n) is 4.18. The third-order valence-electron chi connectivity index (χ3n) is 2.08. The van der Waals surface area contributed by atoms with Crippen LogP contribution in [0, 0.1) is 5.92 Å². The van der Waals surface area contributed by atoms with Gasteiger partial charge in [-0.25, -0.2) is 4.79 Å². The highest BCUT2D eigenvalue weighted by molar-refractivity contribution is 5.71. The maximum absolute atomic E-state index is 10.3. The molecule has 0 spiro atoms. The number of carbonyl (C=O) groups is 1. The van der Waals surface area contributed by atoms with Gasteiger partial charge in [-0.2, -0.15) is 0 Å². The molecule has 0 aromatic carbocycles. The molecule has 0 aliphatic rings. The quantitative estimate of drug-likeness (QED) is 0.541. The van der Waals surface area contributed by atoms with Crippen LogP contribution in [0.1, 0.15) is 39.5 Å². The summed E-state index contributed by atoms with van der Waals surface area (Å²) in [5.41, 5.74) is 10.8. The van der Waals surface area contributed by atoms with Crippen molar-refractivity contribution in [2.24, 2.45) is 17.4 Å². The van der Waals surface area contributed by atoms with Crippen LogP contribution in [0.15, 0.2) is 0 Å². The predicted molar refractivity (Wildman–Crippen MR) is 58.9 cm³/mol. The highest BCUT2D eigenvalue weighted by Crippen LogP contribution is 2.08. The third-order valence-corrected chi connectivity index (χ3v) is 2.08. The number of hydrogen-bond acceptors (Lipinski definition) is 2. The molecule has 0 aromatic heterocycles. The second-order valence-corrected chi connectivity index (χ2v) is 4.18. The zero-order valence-corrected chi connectivity index (χ0v) is 9.25. The summed E-state index contributed by atoms with van der Waals surface area (Å²) in [4.78, 5) is 10.3. The minimum Gasteiger partial charge on any atom is -0.352 e. The van der Waals surface area contributed by atoms with Crippen molar-refractivity contribution in [1.29, 1.82) is 0 Å².